The second-order valence-corrected chi connectivity index (χ2v) is 9.59. The van der Waals surface area contributed by atoms with Crippen LogP contribution in [0.5, 0.6) is 0 Å². The van der Waals surface area contributed by atoms with Crippen LogP contribution < -0.4 is 4.90 Å². The number of sulfonamides is 1. The maximum Gasteiger partial charge on any atom is 0.293 e. The number of hydrogen-bond acceptors (Lipinski definition) is 7. The van der Waals surface area contributed by atoms with Crippen molar-refractivity contribution in [2.45, 2.75) is 25.2 Å². The molecule has 164 valence electrons. The van der Waals surface area contributed by atoms with Gasteiger partial charge in [0.2, 0.25) is 10.0 Å². The molecule has 29 heavy (non-hydrogen) atoms. The molecule has 0 saturated carbocycles. The molecule has 0 radical (unpaired) electrons. The summed E-state index contributed by atoms with van der Waals surface area (Å²) in [5.74, 6) is 0.503. The lowest BCUT2D eigenvalue weighted by molar-refractivity contribution is -0.384. The smallest absolute Gasteiger partial charge is 0.293 e. The predicted molar refractivity (Wildman–Crippen MR) is 111 cm³/mol. The Morgan fingerprint density at radius 3 is 2.17 bits per heavy atom. The zero-order valence-electron chi connectivity index (χ0n) is 17.5. The second-order valence-electron chi connectivity index (χ2n) is 7.65. The number of ether oxygens (including phenoxy) is 2. The number of benzene rings is 1. The number of rotatable bonds is 10. The van der Waals surface area contributed by atoms with Crippen molar-refractivity contribution in [3.63, 3.8) is 0 Å². The van der Waals surface area contributed by atoms with Gasteiger partial charge >= 0.3 is 0 Å². The zero-order chi connectivity index (χ0) is 21.6. The van der Waals surface area contributed by atoms with Gasteiger partial charge in [-0.1, -0.05) is 13.8 Å². The number of nitrogens with zero attached hydrogens (tertiary/aromatic N) is 3. The molecule has 0 spiro atoms. The van der Waals surface area contributed by atoms with Gasteiger partial charge in [0.05, 0.1) is 23.0 Å². The summed E-state index contributed by atoms with van der Waals surface area (Å²) in [7, 11) is -0.690. The van der Waals surface area contributed by atoms with Crippen LogP contribution in [0.4, 0.5) is 11.4 Å². The monoisotopic (exact) mass is 429 g/mol. The third-order valence-electron chi connectivity index (χ3n) is 5.09. The third kappa shape index (κ3) is 5.88. The highest BCUT2D eigenvalue weighted by Gasteiger charge is 2.33. The number of hydrogen-bond donors (Lipinski definition) is 0. The third-order valence-corrected chi connectivity index (χ3v) is 6.92. The van der Waals surface area contributed by atoms with Crippen molar-refractivity contribution in [3.05, 3.63) is 28.3 Å². The molecule has 2 rings (SSSR count). The Kier molecular flexibility index (Phi) is 8.38. The zero-order valence-corrected chi connectivity index (χ0v) is 18.4. The van der Waals surface area contributed by atoms with Gasteiger partial charge in [0.15, 0.2) is 0 Å². The molecule has 1 aromatic rings. The Hall–Kier alpha value is -1.75. The van der Waals surface area contributed by atoms with Gasteiger partial charge in [0, 0.05) is 46.5 Å². The van der Waals surface area contributed by atoms with E-state index in [1.165, 1.54) is 22.5 Å². The van der Waals surface area contributed by atoms with Crippen LogP contribution in [-0.4, -0.2) is 71.3 Å². The number of anilines is 1. The minimum atomic E-state index is -3.80. The topological polar surface area (TPSA) is 102 Å². The Morgan fingerprint density at radius 2 is 1.69 bits per heavy atom. The van der Waals surface area contributed by atoms with Crippen molar-refractivity contribution in [1.82, 2.24) is 4.31 Å². The fourth-order valence-electron chi connectivity index (χ4n) is 3.78. The average Bonchev–Trinajstić information content (AvgIpc) is 2.67. The van der Waals surface area contributed by atoms with Gasteiger partial charge in [0.25, 0.3) is 5.69 Å². The lowest BCUT2D eigenvalue weighted by Crippen LogP contribution is -2.42. The molecule has 1 aliphatic heterocycles. The fraction of sp³-hybridized carbons (Fsp3) is 0.684. The Bertz CT molecular complexity index is 783. The van der Waals surface area contributed by atoms with Crippen molar-refractivity contribution in [2.24, 2.45) is 11.8 Å². The first-order chi connectivity index (χ1) is 13.7. The highest BCUT2D eigenvalue weighted by Crippen LogP contribution is 2.33. The molecule has 0 aromatic heterocycles. The first-order valence-corrected chi connectivity index (χ1v) is 11.2. The SMILES string of the molecule is COCCN(CCOC)c1ccc(S(=O)(=O)N2C[C@H](C)C[C@@H](C)C2)cc1[N+](=O)[O-]. The molecule has 1 aliphatic rings. The van der Waals surface area contributed by atoms with Crippen molar-refractivity contribution < 1.29 is 22.8 Å². The number of piperidine rings is 1. The normalized spacial score (nSPS) is 20.6. The van der Waals surface area contributed by atoms with E-state index < -0.39 is 14.9 Å². The van der Waals surface area contributed by atoms with Crippen LogP contribution in [0.1, 0.15) is 20.3 Å². The summed E-state index contributed by atoms with van der Waals surface area (Å²) < 4.78 is 37.9. The molecule has 9 nitrogen and oxygen atoms in total. The molecular weight excluding hydrogens is 398 g/mol. The molecule has 1 fully saturated rings. The van der Waals surface area contributed by atoms with Crippen LogP contribution in [0.3, 0.4) is 0 Å². The Morgan fingerprint density at radius 1 is 1.14 bits per heavy atom. The van der Waals surface area contributed by atoms with Crippen LogP contribution in [-0.2, 0) is 19.5 Å². The number of methoxy groups -OCH3 is 2. The molecule has 0 unspecified atom stereocenters. The van der Waals surface area contributed by atoms with E-state index in [-0.39, 0.29) is 22.4 Å². The molecule has 10 heteroatoms. The summed E-state index contributed by atoms with van der Waals surface area (Å²) in [5, 5.41) is 11.7. The van der Waals surface area contributed by atoms with E-state index in [9.17, 15) is 18.5 Å². The van der Waals surface area contributed by atoms with Gasteiger partial charge in [-0.15, -0.1) is 0 Å². The fourth-order valence-corrected chi connectivity index (χ4v) is 5.48. The average molecular weight is 430 g/mol. The summed E-state index contributed by atoms with van der Waals surface area (Å²) >= 11 is 0. The lowest BCUT2D eigenvalue weighted by Gasteiger charge is -2.34. The van der Waals surface area contributed by atoms with E-state index in [1.807, 2.05) is 13.8 Å². The van der Waals surface area contributed by atoms with E-state index in [4.69, 9.17) is 9.47 Å². The highest BCUT2D eigenvalue weighted by atomic mass is 32.2. The maximum atomic E-state index is 13.1. The molecule has 2 atom stereocenters. The van der Waals surface area contributed by atoms with E-state index >= 15 is 0 Å². The molecule has 0 aliphatic carbocycles. The number of nitro groups is 1. The highest BCUT2D eigenvalue weighted by molar-refractivity contribution is 7.89. The van der Waals surface area contributed by atoms with Crippen LogP contribution in [0, 0.1) is 22.0 Å². The summed E-state index contributed by atoms with van der Waals surface area (Å²) in [6.45, 7) is 6.50. The quantitative estimate of drug-likeness (QED) is 0.415. The first kappa shape index (κ1) is 23.5. The molecule has 0 N–H and O–H groups in total. The van der Waals surface area contributed by atoms with E-state index in [0.717, 1.165) is 6.42 Å². The summed E-state index contributed by atoms with van der Waals surface area (Å²) in [6, 6.07) is 4.13. The van der Waals surface area contributed by atoms with Crippen LogP contribution in [0.25, 0.3) is 0 Å². The van der Waals surface area contributed by atoms with E-state index in [2.05, 4.69) is 0 Å². The Labute approximate surface area is 172 Å². The van der Waals surface area contributed by atoms with Gasteiger partial charge in [-0.25, -0.2) is 8.42 Å². The predicted octanol–water partition coefficient (Wildman–Crippen LogP) is 2.36. The lowest BCUT2D eigenvalue weighted by atomic mass is 9.94. The van der Waals surface area contributed by atoms with Crippen LogP contribution in [0.2, 0.25) is 0 Å². The first-order valence-electron chi connectivity index (χ1n) is 9.72. The molecule has 1 aromatic carbocycles. The summed E-state index contributed by atoms with van der Waals surface area (Å²) in [4.78, 5) is 12.9. The van der Waals surface area contributed by atoms with Crippen molar-refractivity contribution >= 4 is 21.4 Å². The molecule has 0 bridgehead atoms. The summed E-state index contributed by atoms with van der Waals surface area (Å²) in [5.41, 5.74) is 0.111. The minimum absolute atomic E-state index is 0.0484. The Balaban J connectivity index is 2.40. The van der Waals surface area contributed by atoms with Crippen molar-refractivity contribution in [2.75, 3.05) is 58.5 Å². The van der Waals surface area contributed by atoms with Crippen molar-refractivity contribution in [3.8, 4) is 0 Å². The van der Waals surface area contributed by atoms with Gasteiger partial charge in [-0.2, -0.15) is 4.31 Å². The minimum Gasteiger partial charge on any atom is -0.383 e. The van der Waals surface area contributed by atoms with E-state index in [0.29, 0.717) is 45.1 Å². The molecule has 1 heterocycles. The van der Waals surface area contributed by atoms with Crippen molar-refractivity contribution in [1.29, 1.82) is 0 Å². The summed E-state index contributed by atoms with van der Waals surface area (Å²) in [6.07, 6.45) is 0.971. The standard InChI is InChI=1S/C19H31N3O6S/c1-15-11-16(2)14-21(13-15)29(25,26)17-5-6-18(19(12-17)22(23)24)20(7-9-27-3)8-10-28-4/h5-6,12,15-16H,7-11,13-14H2,1-4H3/t15-,16-/m1/s1. The van der Waals surface area contributed by atoms with Gasteiger partial charge in [0.1, 0.15) is 5.69 Å². The molecular formula is C19H31N3O6S. The van der Waals surface area contributed by atoms with E-state index in [1.54, 1.807) is 19.1 Å². The maximum absolute atomic E-state index is 13.1. The second kappa shape index (κ2) is 10.3. The number of nitro benzene ring substituents is 1. The molecule has 0 amide bonds. The van der Waals surface area contributed by atoms with Gasteiger partial charge < -0.3 is 14.4 Å². The van der Waals surface area contributed by atoms with Crippen LogP contribution >= 0.6 is 0 Å². The largest absolute Gasteiger partial charge is 0.383 e. The van der Waals surface area contributed by atoms with Crippen LogP contribution in [0.15, 0.2) is 23.1 Å². The van der Waals surface area contributed by atoms with Gasteiger partial charge in [-0.05, 0) is 30.4 Å². The molecule has 1 saturated heterocycles. The van der Waals surface area contributed by atoms with Gasteiger partial charge in [-0.3, -0.25) is 10.1 Å².